The molecule has 20 heavy (non-hydrogen) atoms. The van der Waals surface area contributed by atoms with Crippen molar-refractivity contribution in [3.8, 4) is 0 Å². The standard InChI is InChI=1S/C14H26N4OS/c1-6-15-11-7-12(18-13(17-11)20-5)16-9-10(19)8-14(2,3)4/h7,10,19H,6,8-9H2,1-5H3,(H2,15,16,17,18). The van der Waals surface area contributed by atoms with Crippen molar-refractivity contribution in [1.29, 1.82) is 0 Å². The fourth-order valence-corrected chi connectivity index (χ4v) is 2.26. The number of aliphatic hydroxyl groups is 1. The van der Waals surface area contributed by atoms with Gasteiger partial charge in [0.25, 0.3) is 0 Å². The predicted molar refractivity (Wildman–Crippen MR) is 86.5 cm³/mol. The average molecular weight is 298 g/mol. The maximum absolute atomic E-state index is 10.0. The molecule has 0 saturated heterocycles. The van der Waals surface area contributed by atoms with Gasteiger partial charge < -0.3 is 15.7 Å². The highest BCUT2D eigenvalue weighted by atomic mass is 32.2. The minimum atomic E-state index is -0.384. The number of aliphatic hydroxyl groups excluding tert-OH is 1. The van der Waals surface area contributed by atoms with E-state index in [0.29, 0.717) is 6.54 Å². The lowest BCUT2D eigenvalue weighted by molar-refractivity contribution is 0.132. The average Bonchev–Trinajstić information content (AvgIpc) is 2.34. The highest BCUT2D eigenvalue weighted by molar-refractivity contribution is 7.98. The normalized spacial score (nSPS) is 13.1. The molecule has 1 unspecified atom stereocenters. The predicted octanol–water partition coefficient (Wildman–Crippen LogP) is 2.84. The van der Waals surface area contributed by atoms with Crippen molar-refractivity contribution in [3.05, 3.63) is 6.07 Å². The Bertz CT molecular complexity index is 420. The Morgan fingerprint density at radius 1 is 1.25 bits per heavy atom. The molecule has 0 spiro atoms. The molecule has 0 saturated carbocycles. The first-order valence-electron chi connectivity index (χ1n) is 6.93. The van der Waals surface area contributed by atoms with Crippen LogP contribution in [0.5, 0.6) is 0 Å². The molecule has 6 heteroatoms. The van der Waals surface area contributed by atoms with E-state index in [9.17, 15) is 5.11 Å². The summed E-state index contributed by atoms with van der Waals surface area (Å²) in [6.07, 6.45) is 2.31. The second-order valence-corrected chi connectivity index (χ2v) is 6.73. The van der Waals surface area contributed by atoms with Gasteiger partial charge in [-0.1, -0.05) is 32.5 Å². The van der Waals surface area contributed by atoms with Gasteiger partial charge in [0.1, 0.15) is 11.6 Å². The fraction of sp³-hybridized carbons (Fsp3) is 0.714. The Morgan fingerprint density at radius 2 is 1.85 bits per heavy atom. The number of hydrogen-bond acceptors (Lipinski definition) is 6. The quantitative estimate of drug-likeness (QED) is 0.531. The lowest BCUT2D eigenvalue weighted by Crippen LogP contribution is -2.25. The lowest BCUT2D eigenvalue weighted by Gasteiger charge is -2.22. The number of hydrogen-bond donors (Lipinski definition) is 3. The first-order chi connectivity index (χ1) is 9.34. The highest BCUT2D eigenvalue weighted by Gasteiger charge is 2.16. The molecule has 1 aromatic rings. The molecule has 0 fully saturated rings. The zero-order valence-corrected chi connectivity index (χ0v) is 13.8. The minimum Gasteiger partial charge on any atom is -0.391 e. The number of nitrogens with one attached hydrogen (secondary N) is 2. The van der Waals surface area contributed by atoms with Crippen molar-refractivity contribution >= 4 is 23.4 Å². The Balaban J connectivity index is 2.64. The molecule has 3 N–H and O–H groups in total. The van der Waals surface area contributed by atoms with Gasteiger partial charge in [-0.25, -0.2) is 9.97 Å². The molecule has 1 heterocycles. The largest absolute Gasteiger partial charge is 0.391 e. The first kappa shape index (κ1) is 17.0. The molecule has 0 aromatic carbocycles. The van der Waals surface area contributed by atoms with Crippen LogP contribution >= 0.6 is 11.8 Å². The summed E-state index contributed by atoms with van der Waals surface area (Å²) in [5.41, 5.74) is 0.117. The molecule has 1 rings (SSSR count). The Morgan fingerprint density at radius 3 is 2.35 bits per heavy atom. The van der Waals surface area contributed by atoms with Crippen LogP contribution in [-0.2, 0) is 0 Å². The van der Waals surface area contributed by atoms with Gasteiger partial charge in [-0.05, 0) is 25.0 Å². The smallest absolute Gasteiger partial charge is 0.191 e. The summed E-state index contributed by atoms with van der Waals surface area (Å²) in [6.45, 7) is 9.70. The van der Waals surface area contributed by atoms with Crippen LogP contribution in [0.3, 0.4) is 0 Å². The molecule has 1 atom stereocenters. The number of nitrogens with zero attached hydrogens (tertiary/aromatic N) is 2. The molecular weight excluding hydrogens is 272 g/mol. The van der Waals surface area contributed by atoms with Gasteiger partial charge in [0.05, 0.1) is 6.10 Å². The van der Waals surface area contributed by atoms with Crippen LogP contribution in [-0.4, -0.2) is 40.5 Å². The molecular formula is C14H26N4OS. The van der Waals surface area contributed by atoms with Crippen molar-refractivity contribution < 1.29 is 5.11 Å². The summed E-state index contributed by atoms with van der Waals surface area (Å²) in [5.74, 6) is 1.55. The van der Waals surface area contributed by atoms with Gasteiger partial charge in [0, 0.05) is 19.2 Å². The maximum Gasteiger partial charge on any atom is 0.191 e. The van der Waals surface area contributed by atoms with Gasteiger partial charge in [0.15, 0.2) is 5.16 Å². The van der Waals surface area contributed by atoms with E-state index < -0.39 is 0 Å². The number of aromatic nitrogens is 2. The van der Waals surface area contributed by atoms with Crippen LogP contribution in [0.4, 0.5) is 11.6 Å². The second kappa shape index (κ2) is 7.69. The van der Waals surface area contributed by atoms with Crippen molar-refractivity contribution in [2.45, 2.75) is 45.4 Å². The van der Waals surface area contributed by atoms with Crippen LogP contribution in [0.1, 0.15) is 34.1 Å². The summed E-state index contributed by atoms with van der Waals surface area (Å²) in [6, 6.07) is 1.87. The van der Waals surface area contributed by atoms with E-state index in [2.05, 4.69) is 41.4 Å². The third-order valence-corrected chi connectivity index (χ3v) is 3.16. The van der Waals surface area contributed by atoms with Crippen LogP contribution in [0.2, 0.25) is 0 Å². The summed E-state index contributed by atoms with van der Waals surface area (Å²) in [5, 5.41) is 17.1. The van der Waals surface area contributed by atoms with Crippen molar-refractivity contribution in [1.82, 2.24) is 9.97 Å². The van der Waals surface area contributed by atoms with E-state index in [4.69, 9.17) is 0 Å². The van der Waals surface area contributed by atoms with Crippen LogP contribution in [0.15, 0.2) is 11.2 Å². The maximum atomic E-state index is 10.0. The molecule has 114 valence electrons. The van der Waals surface area contributed by atoms with E-state index in [1.165, 1.54) is 11.8 Å². The Kier molecular flexibility index (Phi) is 6.55. The van der Waals surface area contributed by atoms with E-state index in [0.717, 1.165) is 29.8 Å². The molecule has 0 amide bonds. The molecule has 5 nitrogen and oxygen atoms in total. The van der Waals surface area contributed by atoms with Crippen LogP contribution in [0.25, 0.3) is 0 Å². The lowest BCUT2D eigenvalue weighted by atomic mass is 9.89. The monoisotopic (exact) mass is 298 g/mol. The van der Waals surface area contributed by atoms with Gasteiger partial charge >= 0.3 is 0 Å². The molecule has 1 aromatic heterocycles. The van der Waals surface area contributed by atoms with Gasteiger partial charge in [-0.2, -0.15) is 0 Å². The van der Waals surface area contributed by atoms with Crippen molar-refractivity contribution in [2.24, 2.45) is 5.41 Å². The van der Waals surface area contributed by atoms with Crippen LogP contribution < -0.4 is 10.6 Å². The SMILES string of the molecule is CCNc1cc(NCC(O)CC(C)(C)C)nc(SC)n1. The molecule has 0 radical (unpaired) electrons. The zero-order valence-electron chi connectivity index (χ0n) is 13.0. The Labute approximate surface area is 126 Å². The van der Waals surface area contributed by atoms with Crippen molar-refractivity contribution in [3.63, 3.8) is 0 Å². The highest BCUT2D eigenvalue weighted by Crippen LogP contribution is 2.21. The summed E-state index contributed by atoms with van der Waals surface area (Å²) in [7, 11) is 0. The summed E-state index contributed by atoms with van der Waals surface area (Å²) >= 11 is 1.50. The number of anilines is 2. The molecule has 0 bridgehead atoms. The van der Waals surface area contributed by atoms with E-state index >= 15 is 0 Å². The van der Waals surface area contributed by atoms with Gasteiger partial charge in [-0.15, -0.1) is 0 Å². The first-order valence-corrected chi connectivity index (χ1v) is 8.15. The van der Waals surface area contributed by atoms with Crippen LogP contribution in [0, 0.1) is 5.41 Å². The number of thioether (sulfide) groups is 1. The van der Waals surface area contributed by atoms with E-state index in [1.54, 1.807) is 0 Å². The van der Waals surface area contributed by atoms with Gasteiger partial charge in [0.2, 0.25) is 0 Å². The number of rotatable bonds is 7. The molecule has 0 aliphatic carbocycles. The molecule has 0 aliphatic rings. The third kappa shape index (κ3) is 6.43. The Hall–Kier alpha value is -1.01. The molecule has 0 aliphatic heterocycles. The fourth-order valence-electron chi connectivity index (χ4n) is 1.88. The topological polar surface area (TPSA) is 70.1 Å². The van der Waals surface area contributed by atoms with E-state index in [1.807, 2.05) is 19.2 Å². The summed E-state index contributed by atoms with van der Waals surface area (Å²) < 4.78 is 0. The minimum absolute atomic E-state index is 0.117. The zero-order chi connectivity index (χ0) is 15.2. The third-order valence-electron chi connectivity index (χ3n) is 2.61. The van der Waals surface area contributed by atoms with E-state index in [-0.39, 0.29) is 11.5 Å². The van der Waals surface area contributed by atoms with Crippen molar-refractivity contribution in [2.75, 3.05) is 30.0 Å². The van der Waals surface area contributed by atoms with Gasteiger partial charge in [-0.3, -0.25) is 0 Å². The summed E-state index contributed by atoms with van der Waals surface area (Å²) in [4.78, 5) is 8.76. The second-order valence-electron chi connectivity index (χ2n) is 5.95.